The van der Waals surface area contributed by atoms with Gasteiger partial charge in [-0.05, 0) is 52.3 Å². The van der Waals surface area contributed by atoms with Crippen LogP contribution in [0, 0.1) is 0 Å². The second kappa shape index (κ2) is 13.2. The summed E-state index contributed by atoms with van der Waals surface area (Å²) >= 11 is 0. The largest absolute Gasteiger partial charge is 0.208 e. The fourth-order valence-corrected chi connectivity index (χ4v) is 7.27. The van der Waals surface area contributed by atoms with Gasteiger partial charge in [-0.15, -0.1) is 0 Å². The van der Waals surface area contributed by atoms with Gasteiger partial charge in [0.15, 0.2) is 17.5 Å². The summed E-state index contributed by atoms with van der Waals surface area (Å²) in [7, 11) is 0. The van der Waals surface area contributed by atoms with Gasteiger partial charge in [-0.1, -0.05) is 177 Å². The highest BCUT2D eigenvalue weighted by Gasteiger charge is 2.35. The minimum absolute atomic E-state index is 0.00923. The maximum absolute atomic E-state index is 4.96. The van der Waals surface area contributed by atoms with Crippen LogP contribution in [0.25, 0.3) is 56.4 Å². The van der Waals surface area contributed by atoms with Gasteiger partial charge in [0.25, 0.3) is 0 Å². The van der Waals surface area contributed by atoms with Gasteiger partial charge in [0.1, 0.15) is 0 Å². The minimum atomic E-state index is -0.00923. The molecule has 0 radical (unpaired) electrons. The van der Waals surface area contributed by atoms with Crippen LogP contribution in [-0.2, 0) is 5.41 Å². The van der Waals surface area contributed by atoms with Gasteiger partial charge in [-0.25, -0.2) is 15.0 Å². The standard InChI is InChI=1S/C45H37N3/c1-5-14-33(15-6-1)38-20-13-21-39(32-38)34-22-26-40(27-23-34)45(30-11-4-12-31-45)41-28-24-37(25-29-41)44-47-42(35-16-7-2-8-17-35)46-43(48-44)36-18-9-3-10-19-36/h1-3,5-10,13-29,32H,4,11-12,30-31H2. The van der Waals surface area contributed by atoms with Gasteiger partial charge in [0.05, 0.1) is 0 Å². The van der Waals surface area contributed by atoms with E-state index in [0.717, 1.165) is 29.5 Å². The molecule has 48 heavy (non-hydrogen) atoms. The summed E-state index contributed by atoms with van der Waals surface area (Å²) in [6.45, 7) is 0. The topological polar surface area (TPSA) is 38.7 Å². The van der Waals surface area contributed by atoms with Crippen LogP contribution >= 0.6 is 0 Å². The van der Waals surface area contributed by atoms with Crippen LogP contribution in [0.1, 0.15) is 43.2 Å². The summed E-state index contributed by atoms with van der Waals surface area (Å²) in [5.41, 5.74) is 10.7. The third-order valence-corrected chi connectivity index (χ3v) is 9.84. The summed E-state index contributed by atoms with van der Waals surface area (Å²) in [6.07, 6.45) is 6.06. The first-order valence-electron chi connectivity index (χ1n) is 17.0. The highest BCUT2D eigenvalue weighted by molar-refractivity contribution is 5.73. The molecular formula is C45H37N3. The van der Waals surface area contributed by atoms with Crippen molar-refractivity contribution in [3.63, 3.8) is 0 Å². The van der Waals surface area contributed by atoms with Gasteiger partial charge in [0, 0.05) is 22.1 Å². The Balaban J connectivity index is 1.13. The number of nitrogens with zero attached hydrogens (tertiary/aromatic N) is 3. The minimum Gasteiger partial charge on any atom is -0.208 e. The molecule has 0 unspecified atom stereocenters. The molecule has 1 aliphatic carbocycles. The Morgan fingerprint density at radius 2 is 0.667 bits per heavy atom. The van der Waals surface area contributed by atoms with E-state index in [1.165, 1.54) is 52.6 Å². The molecule has 1 aromatic heterocycles. The molecule has 1 heterocycles. The summed E-state index contributed by atoms with van der Waals surface area (Å²) in [4.78, 5) is 14.8. The van der Waals surface area contributed by atoms with Crippen LogP contribution in [0.15, 0.2) is 164 Å². The first-order valence-corrected chi connectivity index (χ1v) is 17.0. The zero-order chi connectivity index (χ0) is 32.2. The van der Waals surface area contributed by atoms with Gasteiger partial charge >= 0.3 is 0 Å². The number of hydrogen-bond donors (Lipinski definition) is 0. The molecule has 1 saturated carbocycles. The van der Waals surface area contributed by atoms with Gasteiger partial charge in [-0.2, -0.15) is 0 Å². The van der Waals surface area contributed by atoms with Gasteiger partial charge in [0.2, 0.25) is 0 Å². The van der Waals surface area contributed by atoms with Crippen LogP contribution in [0.3, 0.4) is 0 Å². The summed E-state index contributed by atoms with van der Waals surface area (Å²) in [5.74, 6) is 2.05. The lowest BCUT2D eigenvalue weighted by atomic mass is 9.65. The van der Waals surface area contributed by atoms with E-state index in [0.29, 0.717) is 17.5 Å². The van der Waals surface area contributed by atoms with Gasteiger partial charge < -0.3 is 0 Å². The summed E-state index contributed by atoms with van der Waals surface area (Å²) < 4.78 is 0. The van der Waals surface area contributed by atoms with E-state index >= 15 is 0 Å². The highest BCUT2D eigenvalue weighted by atomic mass is 15.0. The van der Waals surface area contributed by atoms with E-state index in [1.807, 2.05) is 36.4 Å². The Morgan fingerprint density at radius 1 is 0.312 bits per heavy atom. The van der Waals surface area contributed by atoms with Crippen LogP contribution in [0.2, 0.25) is 0 Å². The van der Waals surface area contributed by atoms with E-state index in [4.69, 9.17) is 15.0 Å². The third-order valence-electron chi connectivity index (χ3n) is 9.84. The molecule has 0 atom stereocenters. The van der Waals surface area contributed by atoms with Crippen molar-refractivity contribution in [2.75, 3.05) is 0 Å². The number of benzene rings is 6. The molecule has 0 saturated heterocycles. The average Bonchev–Trinajstić information content (AvgIpc) is 3.19. The first-order chi connectivity index (χ1) is 23.7. The van der Waals surface area contributed by atoms with Crippen molar-refractivity contribution in [2.45, 2.75) is 37.5 Å². The van der Waals surface area contributed by atoms with Crippen molar-refractivity contribution in [3.05, 3.63) is 175 Å². The van der Waals surface area contributed by atoms with E-state index < -0.39 is 0 Å². The lowest BCUT2D eigenvalue weighted by molar-refractivity contribution is 0.346. The Hall–Kier alpha value is -5.67. The number of hydrogen-bond acceptors (Lipinski definition) is 3. The molecule has 3 heteroatoms. The molecule has 7 aromatic rings. The quantitative estimate of drug-likeness (QED) is 0.178. The molecule has 0 spiro atoms. The van der Waals surface area contributed by atoms with E-state index in [2.05, 4.69) is 127 Å². The molecule has 3 nitrogen and oxygen atoms in total. The van der Waals surface area contributed by atoms with Crippen molar-refractivity contribution in [1.82, 2.24) is 15.0 Å². The number of aromatic nitrogens is 3. The maximum atomic E-state index is 4.96. The monoisotopic (exact) mass is 619 g/mol. The van der Waals surface area contributed by atoms with Gasteiger partial charge in [-0.3, -0.25) is 0 Å². The Morgan fingerprint density at radius 3 is 1.12 bits per heavy atom. The van der Waals surface area contributed by atoms with E-state index in [1.54, 1.807) is 0 Å². The molecule has 1 fully saturated rings. The molecule has 0 amide bonds. The Labute approximate surface area is 283 Å². The predicted molar refractivity (Wildman–Crippen MR) is 197 cm³/mol. The lowest BCUT2D eigenvalue weighted by Crippen LogP contribution is -2.30. The SMILES string of the molecule is c1ccc(-c2cccc(-c3ccc(C4(c5ccc(-c6nc(-c7ccccc7)nc(-c7ccccc7)n6)cc5)CCCCC4)cc3)c2)cc1. The molecule has 0 N–H and O–H groups in total. The van der Waals surface area contributed by atoms with Crippen molar-refractivity contribution < 1.29 is 0 Å². The van der Waals surface area contributed by atoms with Crippen molar-refractivity contribution >= 4 is 0 Å². The van der Waals surface area contributed by atoms with Crippen LogP contribution in [-0.4, -0.2) is 15.0 Å². The molecular weight excluding hydrogens is 583 g/mol. The highest BCUT2D eigenvalue weighted by Crippen LogP contribution is 2.45. The lowest BCUT2D eigenvalue weighted by Gasteiger charge is -2.39. The second-order valence-electron chi connectivity index (χ2n) is 12.8. The van der Waals surface area contributed by atoms with Crippen LogP contribution in [0.4, 0.5) is 0 Å². The van der Waals surface area contributed by atoms with Crippen LogP contribution in [0.5, 0.6) is 0 Å². The van der Waals surface area contributed by atoms with Crippen LogP contribution < -0.4 is 0 Å². The zero-order valence-corrected chi connectivity index (χ0v) is 27.0. The third kappa shape index (κ3) is 5.96. The maximum Gasteiger partial charge on any atom is 0.164 e. The Bertz CT molecular complexity index is 2060. The normalized spacial score (nSPS) is 14.0. The molecule has 232 valence electrons. The average molecular weight is 620 g/mol. The summed E-state index contributed by atoms with van der Waals surface area (Å²) in [5, 5.41) is 0. The smallest absolute Gasteiger partial charge is 0.164 e. The van der Waals surface area contributed by atoms with E-state index in [9.17, 15) is 0 Å². The summed E-state index contributed by atoms with van der Waals surface area (Å²) in [6, 6.07) is 58.2. The second-order valence-corrected chi connectivity index (χ2v) is 12.8. The molecule has 0 bridgehead atoms. The first kappa shape index (κ1) is 29.7. The van der Waals surface area contributed by atoms with Crippen molar-refractivity contribution in [3.8, 4) is 56.4 Å². The van der Waals surface area contributed by atoms with Crippen molar-refractivity contribution in [2.24, 2.45) is 0 Å². The van der Waals surface area contributed by atoms with Crippen molar-refractivity contribution in [1.29, 1.82) is 0 Å². The fourth-order valence-electron chi connectivity index (χ4n) is 7.27. The van der Waals surface area contributed by atoms with E-state index in [-0.39, 0.29) is 5.41 Å². The molecule has 6 aromatic carbocycles. The predicted octanol–water partition coefficient (Wildman–Crippen LogP) is 11.5. The molecule has 1 aliphatic rings. The Kier molecular flexibility index (Phi) is 8.18. The molecule has 0 aliphatic heterocycles. The zero-order valence-electron chi connectivity index (χ0n) is 27.0. The fraction of sp³-hybridized carbons (Fsp3) is 0.133. The number of rotatable bonds is 7. The molecule has 8 rings (SSSR count).